The summed E-state index contributed by atoms with van der Waals surface area (Å²) >= 11 is 0. The first kappa shape index (κ1) is 12.0. The normalized spacial score (nSPS) is 27.0. The number of rotatable bonds is 7. The van der Waals surface area contributed by atoms with Crippen LogP contribution in [0.4, 0.5) is 0 Å². The minimum Gasteiger partial charge on any atom is -0.385 e. The van der Waals surface area contributed by atoms with Crippen LogP contribution < -0.4 is 5.32 Å². The molecule has 1 rings (SSSR count). The highest BCUT2D eigenvalue weighted by atomic mass is 16.5. The van der Waals surface area contributed by atoms with Crippen LogP contribution >= 0.6 is 0 Å². The summed E-state index contributed by atoms with van der Waals surface area (Å²) < 4.78 is 10.5. The lowest BCUT2D eigenvalue weighted by Gasteiger charge is -2.14. The maximum atomic E-state index is 5.50. The molecule has 1 N–H and O–H groups in total. The summed E-state index contributed by atoms with van der Waals surface area (Å²) in [5.41, 5.74) is 0. The van der Waals surface area contributed by atoms with E-state index in [1.807, 2.05) is 0 Å². The molecule has 0 aromatic rings. The fourth-order valence-electron chi connectivity index (χ4n) is 1.83. The van der Waals surface area contributed by atoms with Crippen LogP contribution in [0, 0.1) is 5.92 Å². The Bertz CT molecular complexity index is 141. The molecular formula is C11H23NO2. The standard InChI is InChI=1S/C11H23NO2/c1-10-11(5-8-14-10)9-12-6-3-4-7-13-2/h10-12H,3-9H2,1-2H3. The van der Waals surface area contributed by atoms with Gasteiger partial charge in [-0.1, -0.05) is 0 Å². The third-order valence-corrected chi connectivity index (χ3v) is 2.89. The summed E-state index contributed by atoms with van der Waals surface area (Å²) in [7, 11) is 1.75. The van der Waals surface area contributed by atoms with Crippen molar-refractivity contribution in [3.8, 4) is 0 Å². The first-order valence-corrected chi connectivity index (χ1v) is 5.66. The average molecular weight is 201 g/mol. The Hall–Kier alpha value is -0.120. The van der Waals surface area contributed by atoms with E-state index in [-0.39, 0.29) is 0 Å². The molecule has 84 valence electrons. The third-order valence-electron chi connectivity index (χ3n) is 2.89. The van der Waals surface area contributed by atoms with Crippen molar-refractivity contribution in [3.05, 3.63) is 0 Å². The van der Waals surface area contributed by atoms with Crippen molar-refractivity contribution < 1.29 is 9.47 Å². The topological polar surface area (TPSA) is 30.5 Å². The second-order valence-corrected chi connectivity index (χ2v) is 4.03. The van der Waals surface area contributed by atoms with E-state index in [9.17, 15) is 0 Å². The Morgan fingerprint density at radius 3 is 2.93 bits per heavy atom. The minimum absolute atomic E-state index is 0.446. The number of hydrogen-bond donors (Lipinski definition) is 1. The lowest BCUT2D eigenvalue weighted by Crippen LogP contribution is -2.27. The van der Waals surface area contributed by atoms with Crippen LogP contribution in [-0.4, -0.2) is 39.5 Å². The molecule has 0 bridgehead atoms. The quantitative estimate of drug-likeness (QED) is 0.632. The molecule has 3 nitrogen and oxygen atoms in total. The highest BCUT2D eigenvalue weighted by molar-refractivity contribution is 4.74. The second-order valence-electron chi connectivity index (χ2n) is 4.03. The molecule has 2 unspecified atom stereocenters. The summed E-state index contributed by atoms with van der Waals surface area (Å²) in [5, 5.41) is 3.48. The van der Waals surface area contributed by atoms with Crippen molar-refractivity contribution in [1.82, 2.24) is 5.32 Å². The van der Waals surface area contributed by atoms with Gasteiger partial charge in [-0.05, 0) is 38.6 Å². The van der Waals surface area contributed by atoms with Crippen LogP contribution in [0.3, 0.4) is 0 Å². The lowest BCUT2D eigenvalue weighted by atomic mass is 10.0. The van der Waals surface area contributed by atoms with Gasteiger partial charge in [0, 0.05) is 26.9 Å². The first-order valence-electron chi connectivity index (χ1n) is 5.66. The van der Waals surface area contributed by atoms with E-state index in [1.165, 1.54) is 12.8 Å². The fraction of sp³-hybridized carbons (Fsp3) is 1.00. The van der Waals surface area contributed by atoms with E-state index in [1.54, 1.807) is 7.11 Å². The highest BCUT2D eigenvalue weighted by Gasteiger charge is 2.23. The highest BCUT2D eigenvalue weighted by Crippen LogP contribution is 2.19. The van der Waals surface area contributed by atoms with Crippen molar-refractivity contribution >= 4 is 0 Å². The summed E-state index contributed by atoms with van der Waals surface area (Å²) in [6, 6.07) is 0. The van der Waals surface area contributed by atoms with E-state index in [0.717, 1.165) is 38.6 Å². The smallest absolute Gasteiger partial charge is 0.0588 e. The van der Waals surface area contributed by atoms with Crippen molar-refractivity contribution in [3.63, 3.8) is 0 Å². The van der Waals surface area contributed by atoms with Gasteiger partial charge in [0.25, 0.3) is 0 Å². The Balaban J connectivity index is 1.88. The maximum absolute atomic E-state index is 5.50. The van der Waals surface area contributed by atoms with Gasteiger partial charge in [-0.25, -0.2) is 0 Å². The van der Waals surface area contributed by atoms with Gasteiger partial charge < -0.3 is 14.8 Å². The number of nitrogens with one attached hydrogen (secondary N) is 1. The van der Waals surface area contributed by atoms with E-state index in [4.69, 9.17) is 9.47 Å². The van der Waals surface area contributed by atoms with Crippen LogP contribution in [0.25, 0.3) is 0 Å². The van der Waals surface area contributed by atoms with Gasteiger partial charge in [-0.2, -0.15) is 0 Å². The third kappa shape index (κ3) is 4.40. The summed E-state index contributed by atoms with van der Waals surface area (Å²) in [6.45, 7) is 6.20. The van der Waals surface area contributed by atoms with Crippen LogP contribution in [0.2, 0.25) is 0 Å². The molecule has 0 spiro atoms. The lowest BCUT2D eigenvalue weighted by molar-refractivity contribution is 0.105. The van der Waals surface area contributed by atoms with Crippen molar-refractivity contribution in [1.29, 1.82) is 0 Å². The van der Waals surface area contributed by atoms with E-state index >= 15 is 0 Å². The van der Waals surface area contributed by atoms with Gasteiger partial charge in [-0.15, -0.1) is 0 Å². The zero-order chi connectivity index (χ0) is 10.2. The fourth-order valence-corrected chi connectivity index (χ4v) is 1.83. The zero-order valence-electron chi connectivity index (χ0n) is 9.42. The van der Waals surface area contributed by atoms with Gasteiger partial charge in [0.1, 0.15) is 0 Å². The van der Waals surface area contributed by atoms with E-state index < -0.39 is 0 Å². The number of ether oxygens (including phenoxy) is 2. The molecule has 0 radical (unpaired) electrons. The van der Waals surface area contributed by atoms with Crippen LogP contribution in [0.1, 0.15) is 26.2 Å². The maximum Gasteiger partial charge on any atom is 0.0588 e. The number of hydrogen-bond acceptors (Lipinski definition) is 3. The second kappa shape index (κ2) is 7.21. The molecule has 1 fully saturated rings. The molecule has 2 atom stereocenters. The molecule has 14 heavy (non-hydrogen) atoms. The molecule has 1 saturated heterocycles. The van der Waals surface area contributed by atoms with Crippen LogP contribution in [0.5, 0.6) is 0 Å². The van der Waals surface area contributed by atoms with Crippen molar-refractivity contribution in [2.24, 2.45) is 5.92 Å². The zero-order valence-corrected chi connectivity index (χ0v) is 9.42. The SMILES string of the molecule is COCCCCNCC1CCOC1C. The predicted octanol–water partition coefficient (Wildman–Crippen LogP) is 1.43. The summed E-state index contributed by atoms with van der Waals surface area (Å²) in [4.78, 5) is 0. The summed E-state index contributed by atoms with van der Waals surface area (Å²) in [6.07, 6.45) is 4.02. The van der Waals surface area contributed by atoms with Gasteiger partial charge in [0.2, 0.25) is 0 Å². The van der Waals surface area contributed by atoms with Crippen LogP contribution in [-0.2, 0) is 9.47 Å². The molecule has 3 heteroatoms. The predicted molar refractivity (Wildman–Crippen MR) is 57.5 cm³/mol. The van der Waals surface area contributed by atoms with Gasteiger partial charge >= 0.3 is 0 Å². The molecule has 0 aromatic carbocycles. The largest absolute Gasteiger partial charge is 0.385 e. The van der Waals surface area contributed by atoms with E-state index in [0.29, 0.717) is 6.10 Å². The van der Waals surface area contributed by atoms with Crippen LogP contribution in [0.15, 0.2) is 0 Å². The van der Waals surface area contributed by atoms with Crippen molar-refractivity contribution in [2.75, 3.05) is 33.4 Å². The van der Waals surface area contributed by atoms with Gasteiger partial charge in [0.15, 0.2) is 0 Å². The molecule has 0 amide bonds. The van der Waals surface area contributed by atoms with Crippen molar-refractivity contribution in [2.45, 2.75) is 32.3 Å². The molecule has 1 heterocycles. The number of methoxy groups -OCH3 is 1. The first-order chi connectivity index (χ1) is 6.84. The minimum atomic E-state index is 0.446. The Morgan fingerprint density at radius 1 is 1.43 bits per heavy atom. The Kier molecular flexibility index (Phi) is 6.15. The molecule has 1 aliphatic rings. The Morgan fingerprint density at radius 2 is 2.29 bits per heavy atom. The molecule has 0 saturated carbocycles. The average Bonchev–Trinajstić information content (AvgIpc) is 2.58. The molecular weight excluding hydrogens is 178 g/mol. The van der Waals surface area contributed by atoms with Gasteiger partial charge in [-0.3, -0.25) is 0 Å². The Labute approximate surface area is 87.2 Å². The number of unbranched alkanes of at least 4 members (excludes halogenated alkanes) is 1. The molecule has 1 aliphatic heterocycles. The molecule has 0 aliphatic carbocycles. The van der Waals surface area contributed by atoms with E-state index in [2.05, 4.69) is 12.2 Å². The molecule has 0 aromatic heterocycles. The van der Waals surface area contributed by atoms with Gasteiger partial charge in [0.05, 0.1) is 6.10 Å². The monoisotopic (exact) mass is 201 g/mol. The summed E-state index contributed by atoms with van der Waals surface area (Å²) in [5.74, 6) is 0.720.